The summed E-state index contributed by atoms with van der Waals surface area (Å²) < 4.78 is 5.56. The first-order valence-corrected chi connectivity index (χ1v) is 6.12. The van der Waals surface area contributed by atoms with Crippen LogP contribution in [0.4, 0.5) is 0 Å². The molecule has 2 nitrogen and oxygen atoms in total. The van der Waals surface area contributed by atoms with Crippen LogP contribution in [-0.2, 0) is 4.74 Å². The van der Waals surface area contributed by atoms with E-state index in [4.69, 9.17) is 4.74 Å². The monoisotopic (exact) mass is 211 g/mol. The fraction of sp³-hybridized carbons (Fsp3) is 0.636. The van der Waals surface area contributed by atoms with Crippen molar-refractivity contribution >= 4 is 11.3 Å². The summed E-state index contributed by atoms with van der Waals surface area (Å²) in [5.74, 6) is 0. The van der Waals surface area contributed by atoms with Crippen LogP contribution in [0.15, 0.2) is 17.5 Å². The Bertz CT molecular complexity index is 254. The lowest BCUT2D eigenvalue weighted by atomic mass is 10.2. The molecule has 2 rings (SSSR count). The quantitative estimate of drug-likeness (QED) is 0.826. The fourth-order valence-corrected chi connectivity index (χ4v) is 2.51. The van der Waals surface area contributed by atoms with Crippen molar-refractivity contribution in [2.45, 2.75) is 31.9 Å². The van der Waals surface area contributed by atoms with Crippen molar-refractivity contribution in [3.63, 3.8) is 0 Å². The molecule has 0 spiro atoms. The maximum Gasteiger partial charge on any atom is 0.0700 e. The lowest BCUT2D eigenvalue weighted by molar-refractivity contribution is 0.108. The van der Waals surface area contributed by atoms with Gasteiger partial charge in [-0.2, -0.15) is 0 Å². The lowest BCUT2D eigenvalue weighted by Crippen LogP contribution is -2.28. The van der Waals surface area contributed by atoms with Crippen molar-refractivity contribution in [2.24, 2.45) is 0 Å². The van der Waals surface area contributed by atoms with Gasteiger partial charge in [-0.15, -0.1) is 11.3 Å². The average molecular weight is 211 g/mol. The third kappa shape index (κ3) is 2.56. The fourth-order valence-electron chi connectivity index (χ4n) is 1.75. The molecule has 1 N–H and O–H groups in total. The summed E-state index contributed by atoms with van der Waals surface area (Å²) in [6.45, 7) is 4.14. The molecule has 14 heavy (non-hydrogen) atoms. The van der Waals surface area contributed by atoms with E-state index >= 15 is 0 Å². The van der Waals surface area contributed by atoms with Crippen LogP contribution in [0.2, 0.25) is 0 Å². The molecule has 1 saturated heterocycles. The molecule has 1 aliphatic heterocycles. The first-order valence-electron chi connectivity index (χ1n) is 5.24. The number of nitrogens with one attached hydrogen (secondary N) is 1. The molecule has 78 valence electrons. The van der Waals surface area contributed by atoms with Gasteiger partial charge in [0.1, 0.15) is 0 Å². The molecule has 2 heterocycles. The van der Waals surface area contributed by atoms with Gasteiger partial charge in [-0.3, -0.25) is 0 Å². The van der Waals surface area contributed by atoms with Gasteiger partial charge >= 0.3 is 0 Å². The second kappa shape index (κ2) is 4.91. The van der Waals surface area contributed by atoms with E-state index < -0.39 is 0 Å². The van der Waals surface area contributed by atoms with Crippen LogP contribution < -0.4 is 5.32 Å². The Hall–Kier alpha value is -0.380. The zero-order valence-corrected chi connectivity index (χ0v) is 9.35. The van der Waals surface area contributed by atoms with Gasteiger partial charge < -0.3 is 10.1 Å². The molecule has 0 aromatic carbocycles. The highest BCUT2D eigenvalue weighted by Gasteiger charge is 2.16. The highest BCUT2D eigenvalue weighted by atomic mass is 32.1. The first-order chi connectivity index (χ1) is 6.86. The molecule has 1 fully saturated rings. The smallest absolute Gasteiger partial charge is 0.0700 e. The largest absolute Gasteiger partial charge is 0.377 e. The molecule has 2 atom stereocenters. The molecular weight excluding hydrogens is 194 g/mol. The topological polar surface area (TPSA) is 21.3 Å². The number of rotatable bonds is 4. The van der Waals surface area contributed by atoms with Gasteiger partial charge in [0.15, 0.2) is 0 Å². The van der Waals surface area contributed by atoms with E-state index in [1.165, 1.54) is 17.7 Å². The van der Waals surface area contributed by atoms with Gasteiger partial charge in [0, 0.05) is 24.1 Å². The minimum Gasteiger partial charge on any atom is -0.377 e. The molecule has 1 aliphatic rings. The molecule has 0 bridgehead atoms. The van der Waals surface area contributed by atoms with E-state index in [-0.39, 0.29) is 0 Å². The van der Waals surface area contributed by atoms with E-state index in [9.17, 15) is 0 Å². The third-order valence-corrected chi connectivity index (χ3v) is 3.70. The van der Waals surface area contributed by atoms with Gasteiger partial charge in [0.25, 0.3) is 0 Å². The summed E-state index contributed by atoms with van der Waals surface area (Å²) in [5, 5.41) is 5.64. The predicted octanol–water partition coefficient (Wildman–Crippen LogP) is 2.58. The van der Waals surface area contributed by atoms with Crippen LogP contribution in [0.3, 0.4) is 0 Å². The van der Waals surface area contributed by atoms with Crippen LogP contribution >= 0.6 is 11.3 Å². The van der Waals surface area contributed by atoms with E-state index in [1.54, 1.807) is 0 Å². The summed E-state index contributed by atoms with van der Waals surface area (Å²) in [5.41, 5.74) is 0. The van der Waals surface area contributed by atoms with Crippen molar-refractivity contribution < 1.29 is 4.74 Å². The Kier molecular flexibility index (Phi) is 3.56. The van der Waals surface area contributed by atoms with Crippen LogP contribution in [0.25, 0.3) is 0 Å². The van der Waals surface area contributed by atoms with Crippen LogP contribution in [0.5, 0.6) is 0 Å². The Morgan fingerprint density at radius 3 is 3.29 bits per heavy atom. The predicted molar refractivity (Wildman–Crippen MR) is 59.7 cm³/mol. The summed E-state index contributed by atoms with van der Waals surface area (Å²) in [6.07, 6.45) is 2.88. The van der Waals surface area contributed by atoms with Crippen LogP contribution in [0.1, 0.15) is 30.7 Å². The standard InChI is InChI=1S/C11H17NOS/c1-9(11-5-3-7-14-11)12-8-10-4-2-6-13-10/h3,5,7,9-10,12H,2,4,6,8H2,1H3/t9-,10-/m0/s1. The Balaban J connectivity index is 1.74. The number of ether oxygens (including phenoxy) is 1. The lowest BCUT2D eigenvalue weighted by Gasteiger charge is -2.15. The maximum atomic E-state index is 5.56. The molecule has 0 amide bonds. The van der Waals surface area contributed by atoms with Crippen LogP contribution in [-0.4, -0.2) is 19.3 Å². The first kappa shape index (κ1) is 10.1. The Morgan fingerprint density at radius 1 is 1.71 bits per heavy atom. The van der Waals surface area contributed by atoms with Crippen molar-refractivity contribution in [3.05, 3.63) is 22.4 Å². The summed E-state index contributed by atoms with van der Waals surface area (Å²) >= 11 is 1.81. The highest BCUT2D eigenvalue weighted by molar-refractivity contribution is 7.10. The van der Waals surface area contributed by atoms with E-state index in [0.29, 0.717) is 12.1 Å². The second-order valence-corrected chi connectivity index (χ2v) is 4.76. The highest BCUT2D eigenvalue weighted by Crippen LogP contribution is 2.19. The average Bonchev–Trinajstić information content (AvgIpc) is 2.87. The summed E-state index contributed by atoms with van der Waals surface area (Å²) in [4.78, 5) is 1.41. The minimum absolute atomic E-state index is 0.442. The maximum absolute atomic E-state index is 5.56. The van der Waals surface area contributed by atoms with Gasteiger partial charge in [-0.1, -0.05) is 6.07 Å². The van der Waals surface area contributed by atoms with E-state index in [0.717, 1.165) is 13.2 Å². The number of hydrogen-bond acceptors (Lipinski definition) is 3. The summed E-state index contributed by atoms with van der Waals surface area (Å²) in [6, 6.07) is 4.74. The Labute approximate surface area is 89.3 Å². The molecule has 0 saturated carbocycles. The normalized spacial score (nSPS) is 23.9. The van der Waals surface area contributed by atoms with Gasteiger partial charge in [-0.05, 0) is 31.2 Å². The third-order valence-electron chi connectivity index (χ3n) is 2.65. The van der Waals surface area contributed by atoms with Crippen molar-refractivity contribution in [3.8, 4) is 0 Å². The van der Waals surface area contributed by atoms with Crippen molar-refractivity contribution in [2.75, 3.05) is 13.2 Å². The van der Waals surface area contributed by atoms with E-state index in [2.05, 4.69) is 29.8 Å². The van der Waals surface area contributed by atoms with Crippen molar-refractivity contribution in [1.29, 1.82) is 0 Å². The van der Waals surface area contributed by atoms with Gasteiger partial charge in [-0.25, -0.2) is 0 Å². The number of hydrogen-bond donors (Lipinski definition) is 1. The van der Waals surface area contributed by atoms with Gasteiger partial charge in [0.05, 0.1) is 6.10 Å². The zero-order chi connectivity index (χ0) is 9.80. The molecular formula is C11H17NOS. The minimum atomic E-state index is 0.442. The molecule has 0 aliphatic carbocycles. The second-order valence-electron chi connectivity index (χ2n) is 3.78. The van der Waals surface area contributed by atoms with Gasteiger partial charge in [0.2, 0.25) is 0 Å². The molecule has 3 heteroatoms. The Morgan fingerprint density at radius 2 is 2.64 bits per heavy atom. The molecule has 1 aromatic heterocycles. The zero-order valence-electron chi connectivity index (χ0n) is 8.53. The SMILES string of the molecule is C[C@H](NC[C@@H]1CCCO1)c1cccs1. The van der Waals surface area contributed by atoms with Crippen LogP contribution in [0, 0.1) is 0 Å². The van der Waals surface area contributed by atoms with E-state index in [1.807, 2.05) is 11.3 Å². The molecule has 0 radical (unpaired) electrons. The molecule has 1 aromatic rings. The number of thiophene rings is 1. The molecule has 0 unspecified atom stereocenters. The van der Waals surface area contributed by atoms with Crippen molar-refractivity contribution in [1.82, 2.24) is 5.32 Å². The summed E-state index contributed by atoms with van der Waals surface area (Å²) in [7, 11) is 0.